The van der Waals surface area contributed by atoms with Gasteiger partial charge in [-0.15, -0.1) is 0 Å². The number of aliphatic carboxylic acids is 1. The van der Waals surface area contributed by atoms with Crippen molar-refractivity contribution in [1.82, 2.24) is 15.1 Å². The lowest BCUT2D eigenvalue weighted by atomic mass is 10.0. The summed E-state index contributed by atoms with van der Waals surface area (Å²) in [6.45, 7) is 3.47. The molecule has 0 aliphatic carbocycles. The zero-order valence-electron chi connectivity index (χ0n) is 21.6. The summed E-state index contributed by atoms with van der Waals surface area (Å²) in [6, 6.07) is 11.4. The molecule has 1 amide bonds. The van der Waals surface area contributed by atoms with Gasteiger partial charge in [0.15, 0.2) is 12.3 Å². The van der Waals surface area contributed by atoms with Gasteiger partial charge in [0.1, 0.15) is 17.3 Å². The fourth-order valence-corrected chi connectivity index (χ4v) is 3.96. The summed E-state index contributed by atoms with van der Waals surface area (Å²) in [4.78, 5) is 36.3. The van der Waals surface area contributed by atoms with Gasteiger partial charge in [-0.25, -0.2) is 13.9 Å². The monoisotopic (exact) mass is 527 g/mol. The minimum absolute atomic E-state index is 0.0340. The first-order valence-electron chi connectivity index (χ1n) is 11.9. The Morgan fingerprint density at radius 2 is 1.79 bits per heavy atom. The van der Waals surface area contributed by atoms with Crippen LogP contribution in [0.15, 0.2) is 48.5 Å². The molecular formula is C27H30FN3O7. The zero-order valence-corrected chi connectivity index (χ0v) is 21.6. The largest absolute Gasteiger partial charge is 0.496 e. The van der Waals surface area contributed by atoms with Crippen LogP contribution >= 0.6 is 0 Å². The molecule has 1 heterocycles. The van der Waals surface area contributed by atoms with E-state index in [1.54, 1.807) is 24.3 Å². The minimum Gasteiger partial charge on any atom is -0.496 e. The molecule has 0 aliphatic heterocycles. The smallest absolute Gasteiger partial charge is 0.343 e. The van der Waals surface area contributed by atoms with E-state index in [2.05, 4.69) is 15.2 Å². The zero-order chi connectivity index (χ0) is 27.8. The first kappa shape index (κ1) is 28.2. The number of carboxylic acid groups (broad SMARTS) is 1. The Kier molecular flexibility index (Phi) is 9.42. The fourth-order valence-electron chi connectivity index (χ4n) is 3.96. The number of carbonyl (C=O) groups excluding carboxylic acids is 2. The van der Waals surface area contributed by atoms with E-state index in [-0.39, 0.29) is 30.4 Å². The average Bonchev–Trinajstić information content (AvgIpc) is 3.31. The molecule has 10 nitrogen and oxygen atoms in total. The van der Waals surface area contributed by atoms with Gasteiger partial charge >= 0.3 is 11.9 Å². The van der Waals surface area contributed by atoms with Crippen LogP contribution < -0.4 is 14.8 Å². The number of ether oxygens (including phenoxy) is 3. The predicted octanol–water partition coefficient (Wildman–Crippen LogP) is 3.86. The van der Waals surface area contributed by atoms with Crippen molar-refractivity contribution >= 4 is 17.8 Å². The molecule has 2 N–H and O–H groups in total. The minimum atomic E-state index is -1.04. The molecule has 1 aromatic heterocycles. The summed E-state index contributed by atoms with van der Waals surface area (Å²) in [6.07, 6.45) is 0.201. The van der Waals surface area contributed by atoms with Gasteiger partial charge < -0.3 is 24.6 Å². The highest BCUT2D eigenvalue weighted by atomic mass is 19.1. The van der Waals surface area contributed by atoms with Crippen molar-refractivity contribution in [1.29, 1.82) is 0 Å². The summed E-state index contributed by atoms with van der Waals surface area (Å²) < 4.78 is 31.4. The van der Waals surface area contributed by atoms with Crippen LogP contribution in [0.5, 0.6) is 11.5 Å². The molecule has 0 spiro atoms. The number of carboxylic acids is 1. The number of esters is 1. The van der Waals surface area contributed by atoms with Crippen molar-refractivity contribution in [2.24, 2.45) is 5.92 Å². The third-order valence-corrected chi connectivity index (χ3v) is 5.54. The molecule has 11 heteroatoms. The molecule has 0 saturated heterocycles. The van der Waals surface area contributed by atoms with Gasteiger partial charge in [0.25, 0.3) is 5.91 Å². The van der Waals surface area contributed by atoms with Gasteiger partial charge in [0, 0.05) is 6.04 Å². The maximum Gasteiger partial charge on any atom is 0.343 e. The van der Waals surface area contributed by atoms with E-state index in [4.69, 9.17) is 9.47 Å². The Morgan fingerprint density at radius 1 is 1.08 bits per heavy atom. The van der Waals surface area contributed by atoms with Crippen molar-refractivity contribution < 1.29 is 38.1 Å². The topological polar surface area (TPSA) is 129 Å². The third-order valence-electron chi connectivity index (χ3n) is 5.54. The Bertz CT molecular complexity index is 1310. The van der Waals surface area contributed by atoms with Gasteiger partial charge in [-0.05, 0) is 48.7 Å². The molecule has 0 aliphatic rings. The van der Waals surface area contributed by atoms with Crippen LogP contribution in [0.4, 0.5) is 4.39 Å². The number of benzene rings is 2. The van der Waals surface area contributed by atoms with Crippen LogP contribution in [0.25, 0.3) is 16.9 Å². The second-order valence-corrected chi connectivity index (χ2v) is 8.90. The van der Waals surface area contributed by atoms with Crippen molar-refractivity contribution in [2.75, 3.05) is 20.8 Å². The Labute approximate surface area is 219 Å². The number of aromatic nitrogens is 2. The van der Waals surface area contributed by atoms with Gasteiger partial charge in [-0.1, -0.05) is 26.0 Å². The van der Waals surface area contributed by atoms with E-state index < -0.39 is 29.7 Å². The number of methoxy groups -OCH3 is 2. The molecule has 3 aromatic rings. The maximum absolute atomic E-state index is 14.2. The number of halogens is 1. The first-order chi connectivity index (χ1) is 18.1. The van der Waals surface area contributed by atoms with Gasteiger partial charge in [0.2, 0.25) is 0 Å². The van der Waals surface area contributed by atoms with E-state index >= 15 is 0 Å². The fraction of sp³-hybridized carbons (Fsp3) is 0.333. The summed E-state index contributed by atoms with van der Waals surface area (Å²) >= 11 is 0. The Hall–Kier alpha value is -4.41. The van der Waals surface area contributed by atoms with Gasteiger partial charge in [0.05, 0.1) is 37.6 Å². The highest BCUT2D eigenvalue weighted by molar-refractivity contribution is 5.94. The third kappa shape index (κ3) is 7.09. The average molecular weight is 528 g/mol. The number of hydrogen-bond donors (Lipinski definition) is 2. The van der Waals surface area contributed by atoms with Crippen LogP contribution in [-0.4, -0.2) is 59.6 Å². The second kappa shape index (κ2) is 12.7. The molecule has 202 valence electrons. The lowest BCUT2D eigenvalue weighted by molar-refractivity contribution is -0.143. The lowest BCUT2D eigenvalue weighted by Gasteiger charge is -2.18. The van der Waals surface area contributed by atoms with Crippen molar-refractivity contribution in [3.05, 3.63) is 60.0 Å². The van der Waals surface area contributed by atoms with Gasteiger partial charge in [-0.3, -0.25) is 9.59 Å². The molecule has 0 bridgehead atoms. The quantitative estimate of drug-likeness (QED) is 0.340. The summed E-state index contributed by atoms with van der Waals surface area (Å²) in [5, 5.41) is 16.5. The predicted molar refractivity (Wildman–Crippen MR) is 136 cm³/mol. The molecule has 38 heavy (non-hydrogen) atoms. The molecular weight excluding hydrogens is 497 g/mol. The summed E-state index contributed by atoms with van der Waals surface area (Å²) in [7, 11) is 2.68. The Morgan fingerprint density at radius 3 is 2.42 bits per heavy atom. The van der Waals surface area contributed by atoms with Gasteiger partial charge in [-0.2, -0.15) is 5.10 Å². The summed E-state index contributed by atoms with van der Waals surface area (Å²) in [5.41, 5.74) is 0.956. The maximum atomic E-state index is 14.2. The van der Waals surface area contributed by atoms with E-state index in [9.17, 15) is 23.9 Å². The van der Waals surface area contributed by atoms with Crippen LogP contribution in [0, 0.1) is 11.7 Å². The number of nitrogens with one attached hydrogen (secondary N) is 1. The molecule has 0 saturated carbocycles. The van der Waals surface area contributed by atoms with Crippen molar-refractivity contribution in [3.63, 3.8) is 0 Å². The number of carbonyl (C=O) groups is 3. The van der Waals surface area contributed by atoms with E-state index in [1.807, 2.05) is 13.8 Å². The molecule has 3 rings (SSSR count). The van der Waals surface area contributed by atoms with Crippen molar-refractivity contribution in [3.8, 4) is 28.4 Å². The number of amides is 1. The standard InChI is InChI=1S/C27H30FN3O7/c1-16(2)11-18(13-24(32)33)29-27(35)20-14-21(31(30-20)19-8-5-7-17(28)12-19)26-22(36-3)9-6-10-23(26)38-15-25(34)37-4/h5-10,12,14,16,18H,11,13,15H2,1-4H3,(H,29,35)(H,32,33)/t18-/m0/s1. The van der Waals surface area contributed by atoms with Crippen LogP contribution in [0.1, 0.15) is 37.2 Å². The number of nitrogens with zero attached hydrogens (tertiary/aromatic N) is 2. The van der Waals surface area contributed by atoms with Crippen LogP contribution in [-0.2, 0) is 14.3 Å². The highest BCUT2D eigenvalue weighted by Gasteiger charge is 2.25. The molecule has 2 aromatic carbocycles. The van der Waals surface area contributed by atoms with E-state index in [1.165, 1.54) is 43.2 Å². The normalized spacial score (nSPS) is 11.6. The Balaban J connectivity index is 2.13. The molecule has 0 unspecified atom stereocenters. The van der Waals surface area contributed by atoms with E-state index in [0.717, 1.165) is 0 Å². The molecule has 0 fully saturated rings. The second-order valence-electron chi connectivity index (χ2n) is 8.90. The van der Waals surface area contributed by atoms with Crippen molar-refractivity contribution in [2.45, 2.75) is 32.7 Å². The van der Waals surface area contributed by atoms with Crippen LogP contribution in [0.2, 0.25) is 0 Å². The van der Waals surface area contributed by atoms with Crippen LogP contribution in [0.3, 0.4) is 0 Å². The lowest BCUT2D eigenvalue weighted by Crippen LogP contribution is -2.37. The molecule has 1 atom stereocenters. The SMILES string of the molecule is COC(=O)COc1cccc(OC)c1-c1cc(C(=O)N[C@H](CC(=O)O)CC(C)C)nn1-c1cccc(F)c1. The van der Waals surface area contributed by atoms with E-state index in [0.29, 0.717) is 29.1 Å². The first-order valence-corrected chi connectivity index (χ1v) is 11.9. The highest BCUT2D eigenvalue weighted by Crippen LogP contribution is 2.40. The molecule has 0 radical (unpaired) electrons. The summed E-state index contributed by atoms with van der Waals surface area (Å²) in [5.74, 6) is -2.03. The number of hydrogen-bond acceptors (Lipinski definition) is 7. The number of rotatable bonds is 12.